The van der Waals surface area contributed by atoms with E-state index in [1.54, 1.807) is 43.1 Å². The molecule has 2 heterocycles. The third-order valence-electron chi connectivity index (χ3n) is 5.03. The van der Waals surface area contributed by atoms with E-state index in [1.165, 1.54) is 0 Å². The van der Waals surface area contributed by atoms with Crippen LogP contribution in [0.25, 0.3) is 0 Å². The van der Waals surface area contributed by atoms with Crippen molar-refractivity contribution in [1.29, 1.82) is 0 Å². The van der Waals surface area contributed by atoms with Crippen LogP contribution in [-0.4, -0.2) is 30.4 Å². The number of amides is 2. The van der Waals surface area contributed by atoms with Crippen molar-refractivity contribution in [3.63, 3.8) is 0 Å². The Morgan fingerprint density at radius 2 is 1.63 bits per heavy atom. The van der Waals surface area contributed by atoms with Crippen molar-refractivity contribution in [2.75, 3.05) is 23.4 Å². The zero-order valence-corrected chi connectivity index (χ0v) is 16.3. The summed E-state index contributed by atoms with van der Waals surface area (Å²) in [5, 5.41) is 3.40. The predicted octanol–water partition coefficient (Wildman–Crippen LogP) is 2.73. The molecule has 0 spiro atoms. The van der Waals surface area contributed by atoms with Gasteiger partial charge in [0.2, 0.25) is 11.8 Å². The molecule has 6 nitrogen and oxygen atoms in total. The van der Waals surface area contributed by atoms with Gasteiger partial charge in [0.1, 0.15) is 5.41 Å². The normalized spacial score (nSPS) is 16.3. The first kappa shape index (κ1) is 19.0. The summed E-state index contributed by atoms with van der Waals surface area (Å²) in [5.41, 5.74) is 2.69. The Bertz CT molecular complexity index is 849. The lowest BCUT2D eigenvalue weighted by Gasteiger charge is -2.27. The molecule has 2 aromatic rings. The number of fused-ring (bicyclic) bond motifs is 1. The third kappa shape index (κ3) is 3.57. The Morgan fingerprint density at radius 1 is 0.963 bits per heavy atom. The molecule has 0 fully saturated rings. The Hall–Kier alpha value is -2.73. The van der Waals surface area contributed by atoms with Crippen LogP contribution >= 0.6 is 0 Å². The van der Waals surface area contributed by atoms with E-state index in [4.69, 9.17) is 0 Å². The number of nitrogens with zero attached hydrogens (tertiary/aromatic N) is 3. The van der Waals surface area contributed by atoms with Gasteiger partial charge in [-0.1, -0.05) is 6.07 Å². The second-order valence-corrected chi connectivity index (χ2v) is 7.32. The average Bonchev–Trinajstić information content (AvgIpc) is 2.72. The molecule has 0 radical (unpaired) electrons. The molecule has 1 aromatic carbocycles. The number of rotatable bonds is 5. The largest absolute Gasteiger partial charge is 0.313 e. The van der Waals surface area contributed by atoms with E-state index < -0.39 is 5.41 Å². The van der Waals surface area contributed by atoms with Crippen molar-refractivity contribution >= 4 is 23.2 Å². The number of carbonyl (C=O) groups excluding carboxylic acids is 2. The molecule has 3 rings (SSSR count). The van der Waals surface area contributed by atoms with Gasteiger partial charge in [-0.15, -0.1) is 0 Å². The topological polar surface area (TPSA) is 65.5 Å². The molecule has 1 aliphatic rings. The van der Waals surface area contributed by atoms with Gasteiger partial charge in [-0.2, -0.15) is 0 Å². The highest BCUT2D eigenvalue weighted by molar-refractivity contribution is 6.19. The van der Waals surface area contributed by atoms with Crippen LogP contribution in [0.1, 0.15) is 31.9 Å². The minimum Gasteiger partial charge on any atom is -0.313 e. The molecule has 6 heteroatoms. The molecule has 0 aliphatic carbocycles. The number of hydrogen-bond acceptors (Lipinski definition) is 4. The van der Waals surface area contributed by atoms with Crippen LogP contribution in [0.5, 0.6) is 0 Å². The van der Waals surface area contributed by atoms with E-state index in [2.05, 4.69) is 10.3 Å². The SMILES string of the molecule is CCN1C(=O)C(C)(C)C(=O)N(C)c2cc(CNCc3ccncc3)ccc21. The standard InChI is InChI=1S/C21H26N4O2/c1-5-25-17-7-6-16(14-23-13-15-8-10-22-11-9-15)12-18(17)24(4)19(26)21(2,3)20(25)27/h6-12,23H,5,13-14H2,1-4H3. The molecular formula is C21H26N4O2. The summed E-state index contributed by atoms with van der Waals surface area (Å²) in [6.45, 7) is 7.25. The van der Waals surface area contributed by atoms with Gasteiger partial charge in [-0.3, -0.25) is 14.6 Å². The number of hydrogen-bond donors (Lipinski definition) is 1. The molecule has 0 bridgehead atoms. The van der Waals surface area contributed by atoms with Gasteiger partial charge in [0.15, 0.2) is 0 Å². The van der Waals surface area contributed by atoms with Crippen LogP contribution in [0.4, 0.5) is 11.4 Å². The molecule has 1 N–H and O–H groups in total. The number of nitrogens with one attached hydrogen (secondary N) is 1. The highest BCUT2D eigenvalue weighted by atomic mass is 16.2. The van der Waals surface area contributed by atoms with Gasteiger partial charge < -0.3 is 15.1 Å². The molecule has 0 saturated heterocycles. The van der Waals surface area contributed by atoms with Crippen LogP contribution in [-0.2, 0) is 22.7 Å². The molecule has 142 valence electrons. The van der Waals surface area contributed by atoms with Gasteiger partial charge >= 0.3 is 0 Å². The zero-order chi connectivity index (χ0) is 19.6. The molecule has 0 saturated carbocycles. The quantitative estimate of drug-likeness (QED) is 0.827. The van der Waals surface area contributed by atoms with Crippen LogP contribution in [0.3, 0.4) is 0 Å². The van der Waals surface area contributed by atoms with Gasteiger partial charge in [-0.25, -0.2) is 0 Å². The summed E-state index contributed by atoms with van der Waals surface area (Å²) in [6, 6.07) is 9.88. The second-order valence-electron chi connectivity index (χ2n) is 7.32. The van der Waals surface area contributed by atoms with Gasteiger partial charge in [0.25, 0.3) is 0 Å². The highest BCUT2D eigenvalue weighted by Crippen LogP contribution is 2.38. The maximum atomic E-state index is 12.9. The third-order valence-corrected chi connectivity index (χ3v) is 5.03. The first-order chi connectivity index (χ1) is 12.9. The number of aromatic nitrogens is 1. The summed E-state index contributed by atoms with van der Waals surface area (Å²) < 4.78 is 0. The van der Waals surface area contributed by atoms with E-state index in [0.717, 1.165) is 29.0 Å². The molecular weight excluding hydrogens is 340 g/mol. The molecule has 27 heavy (non-hydrogen) atoms. The zero-order valence-electron chi connectivity index (χ0n) is 16.3. The number of carbonyl (C=O) groups is 2. The monoisotopic (exact) mass is 366 g/mol. The van der Waals surface area contributed by atoms with E-state index >= 15 is 0 Å². The lowest BCUT2D eigenvalue weighted by molar-refractivity contribution is -0.137. The molecule has 2 amide bonds. The minimum absolute atomic E-state index is 0.163. The summed E-state index contributed by atoms with van der Waals surface area (Å²) in [5.74, 6) is -0.351. The first-order valence-electron chi connectivity index (χ1n) is 9.19. The fourth-order valence-electron chi connectivity index (χ4n) is 3.41. The van der Waals surface area contributed by atoms with Crippen LogP contribution < -0.4 is 15.1 Å². The minimum atomic E-state index is -1.08. The Labute approximate surface area is 160 Å². The number of pyridine rings is 1. The first-order valence-corrected chi connectivity index (χ1v) is 9.19. The van der Waals surface area contributed by atoms with Crippen molar-refractivity contribution in [3.8, 4) is 0 Å². The fraction of sp³-hybridized carbons (Fsp3) is 0.381. The van der Waals surface area contributed by atoms with Crippen molar-refractivity contribution in [3.05, 3.63) is 53.9 Å². The second kappa shape index (κ2) is 7.48. The molecule has 1 aromatic heterocycles. The summed E-state index contributed by atoms with van der Waals surface area (Å²) in [4.78, 5) is 33.1. The summed E-state index contributed by atoms with van der Waals surface area (Å²) in [6.07, 6.45) is 3.55. The molecule has 0 unspecified atom stereocenters. The van der Waals surface area contributed by atoms with Gasteiger partial charge in [0.05, 0.1) is 11.4 Å². The van der Waals surface area contributed by atoms with Crippen LogP contribution in [0.2, 0.25) is 0 Å². The highest BCUT2D eigenvalue weighted by Gasteiger charge is 2.45. The Morgan fingerprint density at radius 3 is 2.30 bits per heavy atom. The number of anilines is 2. The van der Waals surface area contributed by atoms with Gasteiger partial charge in [0, 0.05) is 39.1 Å². The maximum absolute atomic E-state index is 12.9. The number of benzene rings is 1. The fourth-order valence-corrected chi connectivity index (χ4v) is 3.41. The lowest BCUT2D eigenvalue weighted by atomic mass is 9.90. The van der Waals surface area contributed by atoms with E-state index in [1.807, 2.05) is 37.3 Å². The van der Waals surface area contributed by atoms with Crippen molar-refractivity contribution < 1.29 is 9.59 Å². The molecule has 0 atom stereocenters. The van der Waals surface area contributed by atoms with E-state index in [9.17, 15) is 9.59 Å². The van der Waals surface area contributed by atoms with Crippen molar-refractivity contribution in [2.24, 2.45) is 5.41 Å². The summed E-state index contributed by atoms with van der Waals surface area (Å²) >= 11 is 0. The summed E-state index contributed by atoms with van der Waals surface area (Å²) in [7, 11) is 1.74. The van der Waals surface area contributed by atoms with E-state index in [-0.39, 0.29) is 11.8 Å². The smallest absolute Gasteiger partial charge is 0.242 e. The Balaban J connectivity index is 1.85. The lowest BCUT2D eigenvalue weighted by Crippen LogP contribution is -2.47. The Kier molecular flexibility index (Phi) is 5.28. The maximum Gasteiger partial charge on any atom is 0.242 e. The predicted molar refractivity (Wildman–Crippen MR) is 106 cm³/mol. The van der Waals surface area contributed by atoms with Gasteiger partial charge in [-0.05, 0) is 56.2 Å². The van der Waals surface area contributed by atoms with Crippen LogP contribution in [0.15, 0.2) is 42.7 Å². The van der Waals surface area contributed by atoms with Crippen molar-refractivity contribution in [2.45, 2.75) is 33.9 Å². The molecule has 1 aliphatic heterocycles. The van der Waals surface area contributed by atoms with E-state index in [0.29, 0.717) is 13.1 Å². The van der Waals surface area contributed by atoms with Crippen LogP contribution in [0, 0.1) is 5.41 Å². The van der Waals surface area contributed by atoms with Crippen molar-refractivity contribution in [1.82, 2.24) is 10.3 Å². The average molecular weight is 366 g/mol.